The van der Waals surface area contributed by atoms with E-state index in [9.17, 15) is 4.79 Å². The molecule has 0 saturated heterocycles. The van der Waals surface area contributed by atoms with E-state index in [2.05, 4.69) is 6.58 Å². The third-order valence-electron chi connectivity index (χ3n) is 2.27. The molecule has 1 aromatic carbocycles. The van der Waals surface area contributed by atoms with Crippen LogP contribution in [0.25, 0.3) is 0 Å². The summed E-state index contributed by atoms with van der Waals surface area (Å²) in [5.41, 5.74) is 1.42. The molecular weight excluding hydrogens is 272 g/mol. The third-order valence-corrected chi connectivity index (χ3v) is 2.73. The average molecular weight is 293 g/mol. The van der Waals surface area contributed by atoms with Gasteiger partial charge in [-0.25, -0.2) is 0 Å². The number of benzene rings is 1. The summed E-state index contributed by atoms with van der Waals surface area (Å²) in [5, 5.41) is 0.626. The molecule has 1 rings (SSSR count). The van der Waals surface area contributed by atoms with Gasteiger partial charge in [-0.2, -0.15) is 0 Å². The van der Waals surface area contributed by atoms with E-state index in [0.717, 1.165) is 11.9 Å². The summed E-state index contributed by atoms with van der Waals surface area (Å²) in [6, 6.07) is 6.97. The number of carbonyl (C=O) groups is 1. The minimum Gasteiger partial charge on any atom is -0.489 e. The van der Waals surface area contributed by atoms with Crippen LogP contribution in [0.1, 0.15) is 31.1 Å². The smallest absolute Gasteiger partial charge is 0.150 e. The lowest BCUT2D eigenvalue weighted by Gasteiger charge is -2.09. The molecule has 0 aliphatic heterocycles. The van der Waals surface area contributed by atoms with Crippen LogP contribution in [0.3, 0.4) is 0 Å². The summed E-state index contributed by atoms with van der Waals surface area (Å²) >= 11 is 6.04. The monoisotopic (exact) mass is 292 g/mol. The molecule has 0 saturated carbocycles. The second-order valence-corrected chi connectivity index (χ2v) is 3.95. The number of allylic oxidation sites excluding steroid dienone is 3. The minimum atomic E-state index is 0.331. The highest BCUT2D eigenvalue weighted by molar-refractivity contribution is 6.32. The lowest BCUT2D eigenvalue weighted by molar-refractivity contribution is 0.112. The van der Waals surface area contributed by atoms with Gasteiger partial charge in [-0.15, -0.1) is 0 Å². The van der Waals surface area contributed by atoms with Crippen molar-refractivity contribution in [3.05, 3.63) is 65.2 Å². The van der Waals surface area contributed by atoms with Crippen LogP contribution in [0.4, 0.5) is 0 Å². The SMILES string of the molecule is C=C/C=C(COc1cccc(C=O)c1)\C(Cl)=C/C.CC. The molecule has 0 unspecified atom stereocenters. The molecule has 3 heteroatoms. The fraction of sp³-hybridized carbons (Fsp3) is 0.235. The van der Waals surface area contributed by atoms with Gasteiger partial charge in [0.2, 0.25) is 0 Å². The van der Waals surface area contributed by atoms with Gasteiger partial charge in [0.1, 0.15) is 18.6 Å². The van der Waals surface area contributed by atoms with Gasteiger partial charge in [-0.1, -0.05) is 62.4 Å². The van der Waals surface area contributed by atoms with Crippen molar-refractivity contribution >= 4 is 17.9 Å². The van der Waals surface area contributed by atoms with Gasteiger partial charge >= 0.3 is 0 Å². The molecule has 0 atom stereocenters. The summed E-state index contributed by atoms with van der Waals surface area (Å²) in [4.78, 5) is 10.6. The van der Waals surface area contributed by atoms with E-state index in [-0.39, 0.29) is 0 Å². The molecule has 2 nitrogen and oxygen atoms in total. The van der Waals surface area contributed by atoms with Crippen LogP contribution in [0.5, 0.6) is 5.75 Å². The van der Waals surface area contributed by atoms with E-state index in [0.29, 0.717) is 23.0 Å². The second-order valence-electron chi connectivity index (χ2n) is 3.54. The number of aldehydes is 1. The molecule has 1 aromatic rings. The number of carbonyl (C=O) groups excluding carboxylic acids is 1. The predicted octanol–water partition coefficient (Wildman–Crippen LogP) is 5.16. The molecule has 20 heavy (non-hydrogen) atoms. The van der Waals surface area contributed by atoms with Gasteiger partial charge in [-0.3, -0.25) is 4.79 Å². The first-order valence-electron chi connectivity index (χ1n) is 6.53. The Hall–Kier alpha value is -1.80. The fourth-order valence-electron chi connectivity index (χ4n) is 1.36. The maximum absolute atomic E-state index is 10.6. The summed E-state index contributed by atoms with van der Waals surface area (Å²) in [7, 11) is 0. The van der Waals surface area contributed by atoms with Crippen molar-refractivity contribution in [1.82, 2.24) is 0 Å². The Balaban J connectivity index is 0.00000172. The lowest BCUT2D eigenvalue weighted by atomic mass is 10.2. The maximum Gasteiger partial charge on any atom is 0.150 e. The number of hydrogen-bond donors (Lipinski definition) is 0. The molecule has 0 N–H and O–H groups in total. The first-order valence-corrected chi connectivity index (χ1v) is 6.91. The number of halogens is 1. The zero-order valence-corrected chi connectivity index (χ0v) is 13.0. The average Bonchev–Trinajstić information content (AvgIpc) is 2.52. The zero-order valence-electron chi connectivity index (χ0n) is 12.2. The molecule has 0 fully saturated rings. The van der Waals surface area contributed by atoms with Crippen LogP contribution < -0.4 is 4.74 Å². The van der Waals surface area contributed by atoms with E-state index in [1.54, 1.807) is 42.5 Å². The summed E-state index contributed by atoms with van der Waals surface area (Å²) in [5.74, 6) is 0.634. The highest BCUT2D eigenvalue weighted by Crippen LogP contribution is 2.18. The minimum absolute atomic E-state index is 0.331. The van der Waals surface area contributed by atoms with Crippen LogP contribution in [0.2, 0.25) is 0 Å². The first kappa shape index (κ1) is 18.2. The molecule has 0 bridgehead atoms. The highest BCUT2D eigenvalue weighted by Gasteiger charge is 2.03. The Bertz CT molecular complexity index is 488. The van der Waals surface area contributed by atoms with Crippen molar-refractivity contribution < 1.29 is 9.53 Å². The Morgan fingerprint density at radius 1 is 1.40 bits per heavy atom. The Kier molecular flexibility index (Phi) is 10.1. The Labute approximate surface area is 126 Å². The van der Waals surface area contributed by atoms with Crippen LogP contribution in [0, 0.1) is 0 Å². The third kappa shape index (κ3) is 6.39. The van der Waals surface area contributed by atoms with Crippen LogP contribution in [-0.2, 0) is 0 Å². The van der Waals surface area contributed by atoms with Crippen molar-refractivity contribution in [2.45, 2.75) is 20.8 Å². The molecular formula is C17H21ClO2. The first-order chi connectivity index (χ1) is 9.71. The predicted molar refractivity (Wildman–Crippen MR) is 86.6 cm³/mol. The van der Waals surface area contributed by atoms with Gasteiger partial charge in [0, 0.05) is 16.2 Å². The molecule has 108 valence electrons. The number of rotatable bonds is 6. The van der Waals surface area contributed by atoms with Gasteiger partial charge in [0.25, 0.3) is 0 Å². The van der Waals surface area contributed by atoms with Crippen molar-refractivity contribution in [3.8, 4) is 5.75 Å². The van der Waals surface area contributed by atoms with Crippen LogP contribution >= 0.6 is 11.6 Å². The second kappa shape index (κ2) is 11.1. The maximum atomic E-state index is 10.6. The molecule has 0 aliphatic rings. The fourth-order valence-corrected chi connectivity index (χ4v) is 1.48. The lowest BCUT2D eigenvalue weighted by Crippen LogP contribution is -2.02. The van der Waals surface area contributed by atoms with E-state index >= 15 is 0 Å². The van der Waals surface area contributed by atoms with Crippen molar-refractivity contribution in [1.29, 1.82) is 0 Å². The molecule has 0 radical (unpaired) electrons. The normalized spacial score (nSPS) is 11.2. The molecule has 0 amide bonds. The van der Waals surface area contributed by atoms with Crippen LogP contribution in [-0.4, -0.2) is 12.9 Å². The van der Waals surface area contributed by atoms with E-state index in [1.165, 1.54) is 0 Å². The summed E-state index contributed by atoms with van der Waals surface area (Å²) in [6.07, 6.45) is 6.03. The van der Waals surface area contributed by atoms with E-state index in [1.807, 2.05) is 20.8 Å². The molecule has 0 heterocycles. The highest BCUT2D eigenvalue weighted by atomic mass is 35.5. The quantitative estimate of drug-likeness (QED) is 0.535. The van der Waals surface area contributed by atoms with Gasteiger partial charge in [0.15, 0.2) is 0 Å². The molecule has 0 aromatic heterocycles. The summed E-state index contributed by atoms with van der Waals surface area (Å²) in [6.45, 7) is 9.82. The van der Waals surface area contributed by atoms with Gasteiger partial charge < -0.3 is 4.74 Å². The van der Waals surface area contributed by atoms with Crippen molar-refractivity contribution in [3.63, 3.8) is 0 Å². The van der Waals surface area contributed by atoms with Crippen molar-refractivity contribution in [2.24, 2.45) is 0 Å². The number of ether oxygens (including phenoxy) is 1. The Morgan fingerprint density at radius 2 is 2.10 bits per heavy atom. The van der Waals surface area contributed by atoms with Crippen molar-refractivity contribution in [2.75, 3.05) is 6.61 Å². The largest absolute Gasteiger partial charge is 0.489 e. The standard InChI is InChI=1S/C15H15ClO2.C2H6/c1-3-6-13(15(16)4-2)11-18-14-8-5-7-12(9-14)10-17;1-2/h3-10H,1,11H2,2H3;1-2H3/b13-6-,15-4+;. The number of hydrogen-bond acceptors (Lipinski definition) is 2. The topological polar surface area (TPSA) is 26.3 Å². The Morgan fingerprint density at radius 3 is 2.65 bits per heavy atom. The summed E-state index contributed by atoms with van der Waals surface area (Å²) < 4.78 is 5.59. The zero-order chi connectivity index (χ0) is 15.4. The molecule has 0 spiro atoms. The van der Waals surface area contributed by atoms with E-state index < -0.39 is 0 Å². The molecule has 0 aliphatic carbocycles. The van der Waals surface area contributed by atoms with E-state index in [4.69, 9.17) is 16.3 Å². The van der Waals surface area contributed by atoms with Gasteiger partial charge in [0.05, 0.1) is 0 Å². The van der Waals surface area contributed by atoms with Gasteiger partial charge in [-0.05, 0) is 19.1 Å². The van der Waals surface area contributed by atoms with Crippen LogP contribution in [0.15, 0.2) is 59.7 Å².